The van der Waals surface area contributed by atoms with Gasteiger partial charge in [-0.1, -0.05) is 23.4 Å². The Morgan fingerprint density at radius 1 is 1.28 bits per heavy atom. The molecule has 0 saturated carbocycles. The molecule has 0 bridgehead atoms. The number of benzene rings is 1. The normalized spacial score (nSPS) is 12.1. The van der Waals surface area contributed by atoms with Crippen LogP contribution in [0.4, 0.5) is 5.69 Å². The third-order valence-electron chi connectivity index (χ3n) is 3.50. The molecule has 0 aliphatic carbocycles. The lowest BCUT2D eigenvalue weighted by Gasteiger charge is -2.10. The smallest absolute Gasteiger partial charge is 0.237 e. The highest BCUT2D eigenvalue weighted by Gasteiger charge is 2.17. The number of aromatic amines is 1. The summed E-state index contributed by atoms with van der Waals surface area (Å²) in [5, 5.41) is 3.57. The Morgan fingerprint density at radius 2 is 2.00 bits per heavy atom. The van der Waals surface area contributed by atoms with Crippen molar-refractivity contribution in [3.05, 3.63) is 47.1 Å². The van der Waals surface area contributed by atoms with Gasteiger partial charge in [0.25, 0.3) is 0 Å². The number of carbonyl (C=O) groups excluding carboxylic acids is 2. The van der Waals surface area contributed by atoms with Crippen molar-refractivity contribution in [2.75, 3.05) is 5.32 Å². The van der Waals surface area contributed by atoms with Gasteiger partial charge in [0.15, 0.2) is 16.6 Å². The van der Waals surface area contributed by atoms with Crippen LogP contribution in [0.3, 0.4) is 0 Å². The van der Waals surface area contributed by atoms with Crippen LogP contribution in [0, 0.1) is 0 Å². The third kappa shape index (κ3) is 4.18. The van der Waals surface area contributed by atoms with Gasteiger partial charge in [0.05, 0.1) is 15.8 Å². The van der Waals surface area contributed by atoms with Crippen molar-refractivity contribution in [2.45, 2.75) is 24.3 Å². The number of carbonyl (C=O) groups is 2. The molecule has 0 aliphatic rings. The summed E-state index contributed by atoms with van der Waals surface area (Å²) >= 11 is 7.20. The lowest BCUT2D eigenvalue weighted by Crippen LogP contribution is -2.22. The van der Waals surface area contributed by atoms with Gasteiger partial charge in [-0.3, -0.25) is 9.59 Å². The molecule has 3 rings (SSSR count). The van der Waals surface area contributed by atoms with Crippen LogP contribution < -0.4 is 5.32 Å². The average Bonchev–Trinajstić information content (AvgIpc) is 2.96. The number of rotatable bonds is 5. The number of hydrogen-bond acceptors (Lipinski definition) is 5. The first-order valence-electron chi connectivity index (χ1n) is 7.52. The minimum absolute atomic E-state index is 0.0135. The first kappa shape index (κ1) is 17.4. The van der Waals surface area contributed by atoms with Gasteiger partial charge >= 0.3 is 0 Å². The molecule has 6 nitrogen and oxygen atoms in total. The van der Waals surface area contributed by atoms with Crippen molar-refractivity contribution in [1.82, 2.24) is 15.0 Å². The van der Waals surface area contributed by atoms with E-state index in [4.69, 9.17) is 11.6 Å². The van der Waals surface area contributed by atoms with Crippen molar-refractivity contribution < 1.29 is 9.59 Å². The monoisotopic (exact) mass is 374 g/mol. The zero-order valence-electron chi connectivity index (χ0n) is 13.5. The number of anilines is 1. The number of Topliss-reactive ketones (excluding diaryl/α,β-unsaturated/α-hetero) is 1. The second-order valence-corrected chi connectivity index (χ2v) is 7.22. The highest BCUT2D eigenvalue weighted by molar-refractivity contribution is 8.00. The predicted octanol–water partition coefficient (Wildman–Crippen LogP) is 3.93. The molecule has 0 saturated heterocycles. The predicted molar refractivity (Wildman–Crippen MR) is 99.3 cm³/mol. The van der Waals surface area contributed by atoms with E-state index in [0.717, 1.165) is 5.52 Å². The van der Waals surface area contributed by atoms with Gasteiger partial charge in [-0.15, -0.1) is 0 Å². The van der Waals surface area contributed by atoms with E-state index in [9.17, 15) is 9.59 Å². The number of nitrogens with one attached hydrogen (secondary N) is 2. The van der Waals surface area contributed by atoms with Gasteiger partial charge in [-0.05, 0) is 44.2 Å². The van der Waals surface area contributed by atoms with Gasteiger partial charge in [0.2, 0.25) is 5.91 Å². The maximum absolute atomic E-state index is 12.3. The SMILES string of the molecule is CC(=O)c1ccc(NC(=O)[C@@H](C)Sc2nc3ncc(Cl)cc3[nH]2)cc1. The van der Waals surface area contributed by atoms with Crippen LogP contribution in [0.1, 0.15) is 24.2 Å². The summed E-state index contributed by atoms with van der Waals surface area (Å²) in [6.07, 6.45) is 1.53. The molecule has 2 heterocycles. The Morgan fingerprint density at radius 3 is 2.68 bits per heavy atom. The first-order valence-corrected chi connectivity index (χ1v) is 8.78. The van der Waals surface area contributed by atoms with E-state index in [0.29, 0.717) is 27.1 Å². The van der Waals surface area contributed by atoms with Crippen LogP contribution in [0.5, 0.6) is 0 Å². The topological polar surface area (TPSA) is 87.7 Å². The van der Waals surface area contributed by atoms with Crippen LogP contribution >= 0.6 is 23.4 Å². The number of thioether (sulfide) groups is 1. The van der Waals surface area contributed by atoms with Crippen LogP contribution in [0.25, 0.3) is 11.2 Å². The van der Waals surface area contributed by atoms with Gasteiger partial charge in [-0.2, -0.15) is 0 Å². The lowest BCUT2D eigenvalue weighted by atomic mass is 10.1. The first-order chi connectivity index (χ1) is 11.9. The summed E-state index contributed by atoms with van der Waals surface area (Å²) in [4.78, 5) is 35.2. The maximum atomic E-state index is 12.3. The summed E-state index contributed by atoms with van der Waals surface area (Å²) in [5.74, 6) is -0.174. The number of amides is 1. The zero-order chi connectivity index (χ0) is 18.0. The van der Waals surface area contributed by atoms with Gasteiger partial charge in [0.1, 0.15) is 0 Å². The van der Waals surface area contributed by atoms with Gasteiger partial charge in [0, 0.05) is 17.4 Å². The molecule has 2 N–H and O–H groups in total. The number of halogens is 1. The van der Waals surface area contributed by atoms with Crippen molar-refractivity contribution in [3.63, 3.8) is 0 Å². The van der Waals surface area contributed by atoms with Crippen LogP contribution in [0.2, 0.25) is 5.02 Å². The second-order valence-electron chi connectivity index (χ2n) is 5.45. The standard InChI is InChI=1S/C17H15ClN4O2S/c1-9(23)11-3-5-13(6-4-11)20-16(24)10(2)25-17-21-14-7-12(18)8-19-15(14)22-17/h3-8,10H,1-2H3,(H,20,24)(H,19,21,22)/t10-/m1/s1. The van der Waals surface area contributed by atoms with Crippen molar-refractivity contribution >= 4 is 51.9 Å². The van der Waals surface area contributed by atoms with E-state index in [1.165, 1.54) is 24.9 Å². The van der Waals surface area contributed by atoms with Gasteiger partial charge in [-0.25, -0.2) is 9.97 Å². The molecule has 0 unspecified atom stereocenters. The molecular weight excluding hydrogens is 360 g/mol. The van der Waals surface area contributed by atoms with E-state index in [2.05, 4.69) is 20.3 Å². The van der Waals surface area contributed by atoms with Crippen LogP contribution in [0.15, 0.2) is 41.7 Å². The Balaban J connectivity index is 1.66. The average molecular weight is 375 g/mol. The maximum Gasteiger partial charge on any atom is 0.237 e. The fourth-order valence-corrected chi connectivity index (χ4v) is 3.13. The quantitative estimate of drug-likeness (QED) is 0.521. The summed E-state index contributed by atoms with van der Waals surface area (Å²) in [6, 6.07) is 8.52. The number of nitrogens with zero attached hydrogens (tertiary/aromatic N) is 2. The molecule has 0 spiro atoms. The number of fused-ring (bicyclic) bond motifs is 1. The minimum Gasteiger partial charge on any atom is -0.331 e. The summed E-state index contributed by atoms with van der Waals surface area (Å²) < 4.78 is 0. The Kier molecular flexibility index (Phi) is 5.06. The molecule has 1 aromatic carbocycles. The van der Waals surface area contributed by atoms with E-state index in [-0.39, 0.29) is 16.9 Å². The molecule has 0 fully saturated rings. The fraction of sp³-hybridized carbons (Fsp3) is 0.176. The van der Waals surface area contributed by atoms with E-state index >= 15 is 0 Å². The summed E-state index contributed by atoms with van der Waals surface area (Å²) in [7, 11) is 0. The Labute approximate surface area is 153 Å². The molecule has 0 aliphatic heterocycles. The van der Waals surface area contributed by atoms with E-state index < -0.39 is 0 Å². The molecule has 1 atom stereocenters. The largest absolute Gasteiger partial charge is 0.331 e. The Bertz CT molecular complexity index is 939. The van der Waals surface area contributed by atoms with Crippen LogP contribution in [-0.4, -0.2) is 31.9 Å². The molecule has 128 valence electrons. The highest BCUT2D eigenvalue weighted by Crippen LogP contribution is 2.24. The Hall–Kier alpha value is -2.38. The second kappa shape index (κ2) is 7.25. The molecule has 1 amide bonds. The minimum atomic E-state index is -0.372. The molecule has 3 aromatic rings. The summed E-state index contributed by atoms with van der Waals surface area (Å²) in [5.41, 5.74) is 2.52. The highest BCUT2D eigenvalue weighted by atomic mass is 35.5. The molecule has 25 heavy (non-hydrogen) atoms. The van der Waals surface area contributed by atoms with Gasteiger partial charge < -0.3 is 10.3 Å². The number of hydrogen-bond donors (Lipinski definition) is 2. The zero-order valence-corrected chi connectivity index (χ0v) is 15.1. The molecule has 8 heteroatoms. The van der Waals surface area contributed by atoms with E-state index in [1.807, 2.05) is 0 Å². The number of imidazole rings is 1. The number of aromatic nitrogens is 3. The fourth-order valence-electron chi connectivity index (χ4n) is 2.16. The summed E-state index contributed by atoms with van der Waals surface area (Å²) in [6.45, 7) is 3.29. The third-order valence-corrected chi connectivity index (χ3v) is 4.69. The van der Waals surface area contributed by atoms with Crippen molar-refractivity contribution in [2.24, 2.45) is 0 Å². The number of H-pyrrole nitrogens is 1. The molecule has 2 aromatic heterocycles. The lowest BCUT2D eigenvalue weighted by molar-refractivity contribution is -0.115. The van der Waals surface area contributed by atoms with E-state index in [1.54, 1.807) is 37.3 Å². The number of ketones is 1. The van der Waals surface area contributed by atoms with Crippen molar-refractivity contribution in [3.8, 4) is 0 Å². The van der Waals surface area contributed by atoms with Crippen LogP contribution in [-0.2, 0) is 4.79 Å². The van der Waals surface area contributed by atoms with Crippen molar-refractivity contribution in [1.29, 1.82) is 0 Å². The number of pyridine rings is 1. The molecular formula is C17H15ClN4O2S. The molecule has 0 radical (unpaired) electrons.